The molecule has 0 radical (unpaired) electrons. The summed E-state index contributed by atoms with van der Waals surface area (Å²) in [6.07, 6.45) is 1.23. The molecule has 1 N–H and O–H groups in total. The first-order valence-electron chi connectivity index (χ1n) is 8.28. The molecule has 7 heteroatoms. The predicted octanol–water partition coefficient (Wildman–Crippen LogP) is 1.38. The molecule has 0 bridgehead atoms. The van der Waals surface area contributed by atoms with Crippen LogP contribution in [0.3, 0.4) is 0 Å². The number of carbonyl (C=O) groups excluding carboxylic acids is 1. The molecule has 1 aliphatic rings. The predicted molar refractivity (Wildman–Crippen MR) is 92.5 cm³/mol. The Morgan fingerprint density at radius 3 is 2.56 bits per heavy atom. The standard InChI is InChI=1S/C18H22N4O3/c1-13-4-3-5-14(10-13)12-21-6-8-22(9-7-21)17(23)16-15(18(24)25)11-19-20(16)2/h3-5,10-11H,6-9,12H2,1-2H3,(H,24,25). The van der Waals surface area contributed by atoms with E-state index in [4.69, 9.17) is 0 Å². The van der Waals surface area contributed by atoms with Crippen molar-refractivity contribution >= 4 is 11.9 Å². The van der Waals surface area contributed by atoms with E-state index in [0.717, 1.165) is 19.6 Å². The Morgan fingerprint density at radius 1 is 1.20 bits per heavy atom. The van der Waals surface area contributed by atoms with Crippen molar-refractivity contribution < 1.29 is 14.7 Å². The molecule has 1 aromatic heterocycles. The van der Waals surface area contributed by atoms with Crippen molar-refractivity contribution in [2.24, 2.45) is 7.05 Å². The zero-order chi connectivity index (χ0) is 18.0. The molecule has 132 valence electrons. The number of aromatic carboxylic acids is 1. The third-order valence-corrected chi connectivity index (χ3v) is 4.52. The molecule has 3 rings (SSSR count). The first-order valence-corrected chi connectivity index (χ1v) is 8.28. The van der Waals surface area contributed by atoms with E-state index in [1.54, 1.807) is 11.9 Å². The summed E-state index contributed by atoms with van der Waals surface area (Å²) in [5, 5.41) is 13.1. The van der Waals surface area contributed by atoms with E-state index < -0.39 is 5.97 Å². The lowest BCUT2D eigenvalue weighted by atomic mass is 10.1. The number of aryl methyl sites for hydroxylation is 2. The van der Waals surface area contributed by atoms with E-state index in [0.29, 0.717) is 13.1 Å². The summed E-state index contributed by atoms with van der Waals surface area (Å²) >= 11 is 0. The van der Waals surface area contributed by atoms with E-state index in [1.807, 2.05) is 0 Å². The number of hydrogen-bond acceptors (Lipinski definition) is 4. The van der Waals surface area contributed by atoms with Gasteiger partial charge in [0.1, 0.15) is 11.3 Å². The Morgan fingerprint density at radius 2 is 1.92 bits per heavy atom. The van der Waals surface area contributed by atoms with Gasteiger partial charge >= 0.3 is 5.97 Å². The smallest absolute Gasteiger partial charge is 0.339 e. The van der Waals surface area contributed by atoms with E-state index in [1.165, 1.54) is 22.0 Å². The van der Waals surface area contributed by atoms with Gasteiger partial charge in [0.15, 0.2) is 0 Å². The van der Waals surface area contributed by atoms with Crippen LogP contribution in [0.25, 0.3) is 0 Å². The second kappa shape index (κ2) is 7.06. The maximum atomic E-state index is 12.7. The first kappa shape index (κ1) is 17.2. The van der Waals surface area contributed by atoms with E-state index in [2.05, 4.69) is 41.2 Å². The van der Waals surface area contributed by atoms with Crippen LogP contribution in [-0.2, 0) is 13.6 Å². The van der Waals surface area contributed by atoms with Crippen LogP contribution in [-0.4, -0.2) is 62.7 Å². The highest BCUT2D eigenvalue weighted by Gasteiger charge is 2.28. The Balaban J connectivity index is 1.63. The number of carboxylic acids is 1. The number of piperazine rings is 1. The van der Waals surface area contributed by atoms with Gasteiger partial charge in [0, 0.05) is 39.8 Å². The lowest BCUT2D eigenvalue weighted by molar-refractivity contribution is 0.0599. The van der Waals surface area contributed by atoms with Crippen LogP contribution in [0.15, 0.2) is 30.5 Å². The summed E-state index contributed by atoms with van der Waals surface area (Å²) in [5.41, 5.74) is 2.60. The van der Waals surface area contributed by atoms with Gasteiger partial charge in [0.2, 0.25) is 0 Å². The van der Waals surface area contributed by atoms with Crippen molar-refractivity contribution in [3.8, 4) is 0 Å². The molecule has 1 aliphatic heterocycles. The summed E-state index contributed by atoms with van der Waals surface area (Å²) < 4.78 is 1.34. The molecule has 1 fully saturated rings. The zero-order valence-electron chi connectivity index (χ0n) is 14.5. The van der Waals surface area contributed by atoms with E-state index in [9.17, 15) is 14.7 Å². The lowest BCUT2D eigenvalue weighted by Gasteiger charge is -2.34. The molecule has 25 heavy (non-hydrogen) atoms. The van der Waals surface area contributed by atoms with Crippen molar-refractivity contribution in [3.63, 3.8) is 0 Å². The fraction of sp³-hybridized carbons (Fsp3) is 0.389. The van der Waals surface area contributed by atoms with Gasteiger partial charge in [-0.25, -0.2) is 4.79 Å². The van der Waals surface area contributed by atoms with Crippen LogP contribution in [0, 0.1) is 6.92 Å². The first-order chi connectivity index (χ1) is 12.0. The highest BCUT2D eigenvalue weighted by molar-refractivity contribution is 6.03. The zero-order valence-corrected chi connectivity index (χ0v) is 14.5. The largest absolute Gasteiger partial charge is 0.478 e. The number of aromatic nitrogens is 2. The minimum absolute atomic E-state index is 0.0466. The van der Waals surface area contributed by atoms with Gasteiger partial charge in [-0.05, 0) is 12.5 Å². The summed E-state index contributed by atoms with van der Waals surface area (Å²) in [7, 11) is 1.59. The summed E-state index contributed by atoms with van der Waals surface area (Å²) in [4.78, 5) is 28.0. The number of carbonyl (C=O) groups is 2. The molecule has 2 heterocycles. The van der Waals surface area contributed by atoms with Crippen LogP contribution < -0.4 is 0 Å². The van der Waals surface area contributed by atoms with Crippen LogP contribution in [0.2, 0.25) is 0 Å². The van der Waals surface area contributed by atoms with Gasteiger partial charge in [-0.15, -0.1) is 0 Å². The fourth-order valence-electron chi connectivity index (χ4n) is 3.18. The number of carboxylic acid groups (broad SMARTS) is 1. The molecular weight excluding hydrogens is 320 g/mol. The van der Waals surface area contributed by atoms with Gasteiger partial charge in [-0.2, -0.15) is 5.10 Å². The molecular formula is C18H22N4O3. The second-order valence-corrected chi connectivity index (χ2v) is 6.39. The number of rotatable bonds is 4. The maximum Gasteiger partial charge on any atom is 0.339 e. The normalized spacial score (nSPS) is 15.4. The van der Waals surface area contributed by atoms with Crippen molar-refractivity contribution in [1.29, 1.82) is 0 Å². The van der Waals surface area contributed by atoms with Gasteiger partial charge < -0.3 is 10.0 Å². The van der Waals surface area contributed by atoms with Gasteiger partial charge in [-0.1, -0.05) is 29.8 Å². The molecule has 2 aromatic rings. The molecule has 1 aromatic carbocycles. The number of benzene rings is 1. The summed E-state index contributed by atoms with van der Waals surface area (Å²) in [6, 6.07) is 8.42. The van der Waals surface area contributed by atoms with Crippen molar-refractivity contribution in [1.82, 2.24) is 19.6 Å². The van der Waals surface area contributed by atoms with Crippen LogP contribution in [0.4, 0.5) is 0 Å². The van der Waals surface area contributed by atoms with Crippen molar-refractivity contribution in [2.45, 2.75) is 13.5 Å². The third kappa shape index (κ3) is 3.71. The van der Waals surface area contributed by atoms with Crippen LogP contribution in [0.1, 0.15) is 32.0 Å². The third-order valence-electron chi connectivity index (χ3n) is 4.52. The molecule has 1 amide bonds. The Bertz CT molecular complexity index is 791. The van der Waals surface area contributed by atoms with Crippen molar-refractivity contribution in [2.75, 3.05) is 26.2 Å². The Kier molecular flexibility index (Phi) is 4.85. The highest BCUT2D eigenvalue weighted by Crippen LogP contribution is 2.15. The minimum atomic E-state index is -1.13. The van der Waals surface area contributed by atoms with Gasteiger partial charge in [-0.3, -0.25) is 14.4 Å². The maximum absolute atomic E-state index is 12.7. The molecule has 0 aliphatic carbocycles. The molecule has 1 saturated heterocycles. The van der Waals surface area contributed by atoms with Crippen molar-refractivity contribution in [3.05, 3.63) is 52.8 Å². The highest BCUT2D eigenvalue weighted by atomic mass is 16.4. The fourth-order valence-corrected chi connectivity index (χ4v) is 3.18. The number of nitrogens with zero attached hydrogens (tertiary/aromatic N) is 4. The quantitative estimate of drug-likeness (QED) is 0.908. The summed E-state index contributed by atoms with van der Waals surface area (Å²) in [5.74, 6) is -1.40. The molecule has 0 spiro atoms. The Labute approximate surface area is 146 Å². The van der Waals surface area contributed by atoms with E-state index in [-0.39, 0.29) is 17.2 Å². The molecule has 7 nitrogen and oxygen atoms in total. The molecule has 0 saturated carbocycles. The lowest BCUT2D eigenvalue weighted by Crippen LogP contribution is -2.48. The van der Waals surface area contributed by atoms with Gasteiger partial charge in [0.25, 0.3) is 5.91 Å². The minimum Gasteiger partial charge on any atom is -0.478 e. The molecule has 0 unspecified atom stereocenters. The van der Waals surface area contributed by atoms with Crippen LogP contribution in [0.5, 0.6) is 0 Å². The van der Waals surface area contributed by atoms with Crippen LogP contribution >= 0.6 is 0 Å². The molecule has 0 atom stereocenters. The average Bonchev–Trinajstić information content (AvgIpc) is 2.97. The average molecular weight is 342 g/mol. The SMILES string of the molecule is Cc1cccc(CN2CCN(C(=O)c3c(C(=O)O)cnn3C)CC2)c1. The summed E-state index contributed by atoms with van der Waals surface area (Å²) in [6.45, 7) is 5.62. The number of hydrogen-bond donors (Lipinski definition) is 1. The van der Waals surface area contributed by atoms with Gasteiger partial charge in [0.05, 0.1) is 6.20 Å². The second-order valence-electron chi connectivity index (χ2n) is 6.39. The van der Waals surface area contributed by atoms with E-state index >= 15 is 0 Å². The monoisotopic (exact) mass is 342 g/mol. The topological polar surface area (TPSA) is 78.7 Å². The Hall–Kier alpha value is -2.67. The number of amides is 1.